The highest BCUT2D eigenvalue weighted by molar-refractivity contribution is 5.77. The van der Waals surface area contributed by atoms with Crippen LogP contribution in [0.2, 0.25) is 0 Å². The van der Waals surface area contributed by atoms with E-state index in [9.17, 15) is 0 Å². The lowest BCUT2D eigenvalue weighted by molar-refractivity contribution is 1.47. The number of fused-ring (bicyclic) bond motifs is 1. The molecule has 0 atom stereocenters. The summed E-state index contributed by atoms with van der Waals surface area (Å²) in [6.45, 7) is 0. The molecule has 1 heteroatoms. The van der Waals surface area contributed by atoms with E-state index in [4.69, 9.17) is 0 Å². The van der Waals surface area contributed by atoms with E-state index in [1.807, 2.05) is 18.2 Å². The second kappa shape index (κ2) is 1.62. The molecule has 0 aliphatic rings. The molecule has 1 heterocycles. The van der Waals surface area contributed by atoms with Crippen LogP contribution in [0.3, 0.4) is 0 Å². The molecule has 2 rings (SSSR count). The summed E-state index contributed by atoms with van der Waals surface area (Å²) in [5, 5.41) is 1.09. The molecule has 1 nitrogen and oxygen atoms in total. The summed E-state index contributed by atoms with van der Waals surface area (Å²) < 4.78 is 0. The molecule has 2 radical (unpaired) electrons. The highest BCUT2D eigenvalue weighted by Crippen LogP contribution is 2.07. The molecule has 0 aliphatic carbocycles. The maximum atomic E-state index is 3.04. The molecule has 1 N–H and O–H groups in total. The van der Waals surface area contributed by atoms with Crippen LogP contribution in [0.4, 0.5) is 0 Å². The van der Waals surface area contributed by atoms with Crippen molar-refractivity contribution in [1.82, 2.24) is 4.98 Å². The number of hydrogen-bond donors (Lipinski definition) is 1. The minimum atomic E-state index is 1.09. The van der Waals surface area contributed by atoms with Gasteiger partial charge in [0.25, 0.3) is 0 Å². The predicted octanol–water partition coefficient (Wildman–Crippen LogP) is 1.77. The first-order valence-corrected chi connectivity index (χ1v) is 2.82. The van der Waals surface area contributed by atoms with Gasteiger partial charge in [-0.2, -0.15) is 0 Å². The van der Waals surface area contributed by atoms with Crippen molar-refractivity contribution in [3.05, 3.63) is 36.5 Å². The molecule has 0 spiro atoms. The third kappa shape index (κ3) is 0.617. The zero-order valence-electron chi connectivity index (χ0n) is 4.81. The van der Waals surface area contributed by atoms with Gasteiger partial charge in [0.1, 0.15) is 0 Å². The van der Waals surface area contributed by atoms with Crippen LogP contribution in [0, 0.1) is 12.1 Å². The minimum absolute atomic E-state index is 1.09. The van der Waals surface area contributed by atoms with Crippen molar-refractivity contribution in [3.8, 4) is 0 Å². The molecule has 1 aromatic carbocycles. The maximum Gasteiger partial charge on any atom is 0.0460 e. The van der Waals surface area contributed by atoms with Gasteiger partial charge in [-0.25, -0.2) is 0 Å². The molecule has 0 saturated heterocycles. The third-order valence-corrected chi connectivity index (χ3v) is 1.32. The summed E-state index contributed by atoms with van der Waals surface area (Å²) in [6.07, 6.45) is 1.80. The summed E-state index contributed by atoms with van der Waals surface area (Å²) in [7, 11) is 0. The number of hydrogen-bond acceptors (Lipinski definition) is 0. The zero-order chi connectivity index (χ0) is 6.10. The van der Waals surface area contributed by atoms with E-state index in [-0.39, 0.29) is 0 Å². The average molecular weight is 115 g/mol. The molecular formula is C8H5N. The van der Waals surface area contributed by atoms with Gasteiger partial charge < -0.3 is 4.98 Å². The van der Waals surface area contributed by atoms with Gasteiger partial charge in [-0.3, -0.25) is 0 Å². The SMILES string of the molecule is [c]1ccc2[nH]c[c]c2c1. The normalized spacial score (nSPS) is 10.2. The Morgan fingerprint density at radius 2 is 2.44 bits per heavy atom. The van der Waals surface area contributed by atoms with Crippen molar-refractivity contribution < 1.29 is 0 Å². The largest absolute Gasteiger partial charge is 0.361 e. The van der Waals surface area contributed by atoms with Gasteiger partial charge in [0, 0.05) is 23.2 Å². The van der Waals surface area contributed by atoms with Crippen molar-refractivity contribution in [2.45, 2.75) is 0 Å². The number of rotatable bonds is 0. The van der Waals surface area contributed by atoms with Crippen LogP contribution < -0.4 is 0 Å². The predicted molar refractivity (Wildman–Crippen MR) is 36.0 cm³/mol. The molecule has 0 unspecified atom stereocenters. The van der Waals surface area contributed by atoms with Gasteiger partial charge in [-0.05, 0) is 18.2 Å². The van der Waals surface area contributed by atoms with E-state index in [0.29, 0.717) is 0 Å². The highest BCUT2D eigenvalue weighted by atomic mass is 14.6. The fraction of sp³-hybridized carbons (Fsp3) is 0. The van der Waals surface area contributed by atoms with Crippen molar-refractivity contribution >= 4 is 10.9 Å². The van der Waals surface area contributed by atoms with Crippen molar-refractivity contribution in [1.29, 1.82) is 0 Å². The van der Waals surface area contributed by atoms with E-state index >= 15 is 0 Å². The Hall–Kier alpha value is -1.24. The van der Waals surface area contributed by atoms with Crippen LogP contribution >= 0.6 is 0 Å². The zero-order valence-corrected chi connectivity index (χ0v) is 4.81. The molecule has 1 aromatic heterocycles. The second-order valence-electron chi connectivity index (χ2n) is 1.90. The van der Waals surface area contributed by atoms with Crippen LogP contribution in [0.15, 0.2) is 24.4 Å². The van der Waals surface area contributed by atoms with Crippen LogP contribution in [0.5, 0.6) is 0 Å². The van der Waals surface area contributed by atoms with E-state index in [1.165, 1.54) is 0 Å². The molecule has 0 bridgehead atoms. The first-order valence-electron chi connectivity index (χ1n) is 2.82. The van der Waals surface area contributed by atoms with Crippen LogP contribution in [0.25, 0.3) is 10.9 Å². The summed E-state index contributed by atoms with van der Waals surface area (Å²) in [6, 6.07) is 11.8. The quantitative estimate of drug-likeness (QED) is 0.538. The average Bonchev–Trinajstić information content (AvgIpc) is 2.33. The smallest absolute Gasteiger partial charge is 0.0460 e. The minimum Gasteiger partial charge on any atom is -0.361 e. The lowest BCUT2D eigenvalue weighted by Gasteiger charge is -1.82. The van der Waals surface area contributed by atoms with Crippen molar-refractivity contribution in [2.24, 2.45) is 0 Å². The molecule has 42 valence electrons. The third-order valence-electron chi connectivity index (χ3n) is 1.32. The first kappa shape index (κ1) is 4.62. The standard InChI is InChI=1S/C8H5N/c1-2-4-8-7(3-1)5-6-9-8/h2-4,6,9H. The second-order valence-corrected chi connectivity index (χ2v) is 1.90. The topological polar surface area (TPSA) is 15.8 Å². The lowest BCUT2D eigenvalue weighted by Crippen LogP contribution is -1.62. The summed E-state index contributed by atoms with van der Waals surface area (Å²) >= 11 is 0. The number of nitrogens with one attached hydrogen (secondary N) is 1. The number of aromatic amines is 1. The van der Waals surface area contributed by atoms with Gasteiger partial charge in [-0.1, -0.05) is 6.07 Å². The van der Waals surface area contributed by atoms with Crippen LogP contribution in [-0.4, -0.2) is 4.98 Å². The summed E-state index contributed by atoms with van der Waals surface area (Å²) in [5.41, 5.74) is 1.12. The molecular weight excluding hydrogens is 110 g/mol. The summed E-state index contributed by atoms with van der Waals surface area (Å²) in [5.74, 6) is 0. The molecule has 0 aliphatic heterocycles. The summed E-state index contributed by atoms with van der Waals surface area (Å²) in [4.78, 5) is 3.04. The fourth-order valence-electron chi connectivity index (χ4n) is 0.867. The van der Waals surface area contributed by atoms with Gasteiger partial charge in [0.05, 0.1) is 0 Å². The Morgan fingerprint density at radius 3 is 3.33 bits per heavy atom. The van der Waals surface area contributed by atoms with Crippen LogP contribution in [0.1, 0.15) is 0 Å². The molecule has 0 amide bonds. The Balaban J connectivity index is 2.95. The number of H-pyrrole nitrogens is 1. The maximum absolute atomic E-state index is 3.04. The molecule has 0 saturated carbocycles. The first-order chi connectivity index (χ1) is 4.47. The van der Waals surface area contributed by atoms with E-state index < -0.39 is 0 Å². The number of benzene rings is 1. The number of aromatic nitrogens is 1. The Labute approximate surface area is 53.3 Å². The Bertz CT molecular complexity index is 279. The van der Waals surface area contributed by atoms with Gasteiger partial charge >= 0.3 is 0 Å². The Kier molecular flexibility index (Phi) is 0.833. The lowest BCUT2D eigenvalue weighted by atomic mass is 10.3. The molecule has 2 aromatic rings. The highest BCUT2D eigenvalue weighted by Gasteiger charge is 1.87. The van der Waals surface area contributed by atoms with Crippen LogP contribution in [-0.2, 0) is 0 Å². The van der Waals surface area contributed by atoms with Gasteiger partial charge in [-0.15, -0.1) is 0 Å². The fourth-order valence-corrected chi connectivity index (χ4v) is 0.867. The van der Waals surface area contributed by atoms with Crippen molar-refractivity contribution in [2.75, 3.05) is 0 Å². The van der Waals surface area contributed by atoms with E-state index in [1.54, 1.807) is 6.20 Å². The Morgan fingerprint density at radius 1 is 1.44 bits per heavy atom. The molecule has 9 heavy (non-hydrogen) atoms. The monoisotopic (exact) mass is 115 g/mol. The molecule has 0 fully saturated rings. The van der Waals surface area contributed by atoms with Gasteiger partial charge in [0.2, 0.25) is 0 Å². The van der Waals surface area contributed by atoms with Gasteiger partial charge in [0.15, 0.2) is 0 Å². The van der Waals surface area contributed by atoms with Crippen molar-refractivity contribution in [3.63, 3.8) is 0 Å². The van der Waals surface area contributed by atoms with E-state index in [2.05, 4.69) is 17.1 Å². The van der Waals surface area contributed by atoms with E-state index in [0.717, 1.165) is 10.9 Å².